The number of ether oxygens (including phenoxy) is 1. The molecule has 6 heteroatoms. The molecule has 1 aliphatic heterocycles. The van der Waals surface area contributed by atoms with Crippen molar-refractivity contribution in [2.75, 3.05) is 33.3 Å². The molecule has 0 atom stereocenters. The zero-order chi connectivity index (χ0) is 22.2. The van der Waals surface area contributed by atoms with E-state index in [1.54, 1.807) is 18.2 Å². The van der Waals surface area contributed by atoms with Gasteiger partial charge in [0.05, 0.1) is 13.5 Å². The maximum Gasteiger partial charge on any atom is 0.305 e. The molecule has 0 saturated carbocycles. The van der Waals surface area contributed by atoms with E-state index < -0.39 is 0 Å². The summed E-state index contributed by atoms with van der Waals surface area (Å²) in [5.74, 6) is 1.58. The highest BCUT2D eigenvalue weighted by molar-refractivity contribution is 5.91. The number of furan rings is 1. The van der Waals surface area contributed by atoms with Crippen LogP contribution in [0.3, 0.4) is 0 Å². The molecule has 1 amide bonds. The van der Waals surface area contributed by atoms with Gasteiger partial charge in [-0.25, -0.2) is 0 Å². The Bertz CT molecular complexity index is 891. The Morgan fingerprint density at radius 1 is 1.06 bits per heavy atom. The minimum absolute atomic E-state index is 0.00607. The molecule has 1 aromatic heterocycles. The molecule has 3 rings (SSSR count). The SMILES string of the molecule is COC(=O)CCc1ccc(/C=C/C(=O)N2CCN(Cc3ccc(C(C)C)cc3)CC2)o1. The zero-order valence-electron chi connectivity index (χ0n) is 18.7. The standard InChI is InChI=1S/C25H32N2O4/c1-19(2)21-6-4-20(5-7-21)18-26-14-16-27(17-15-26)24(28)12-10-22-8-9-23(31-22)11-13-25(29)30-3/h4-10,12,19H,11,13-18H2,1-3H3/b12-10+. The molecular weight excluding hydrogens is 392 g/mol. The molecule has 0 N–H and O–H groups in total. The third-order valence-corrected chi connectivity index (χ3v) is 5.61. The van der Waals surface area contributed by atoms with Crippen molar-refractivity contribution in [1.29, 1.82) is 0 Å². The Labute approximate surface area is 184 Å². The summed E-state index contributed by atoms with van der Waals surface area (Å²) in [5.41, 5.74) is 2.67. The van der Waals surface area contributed by atoms with Crippen LogP contribution in [0, 0.1) is 0 Å². The van der Waals surface area contributed by atoms with Crippen molar-refractivity contribution in [2.45, 2.75) is 39.2 Å². The monoisotopic (exact) mass is 424 g/mol. The van der Waals surface area contributed by atoms with Crippen LogP contribution in [0.4, 0.5) is 0 Å². The second-order valence-electron chi connectivity index (χ2n) is 8.21. The molecule has 1 aliphatic rings. The van der Waals surface area contributed by atoms with Crippen LogP contribution in [-0.4, -0.2) is 55.0 Å². The maximum absolute atomic E-state index is 12.5. The summed E-state index contributed by atoms with van der Waals surface area (Å²) in [7, 11) is 1.37. The molecule has 1 aromatic carbocycles. The number of rotatable bonds is 8. The van der Waals surface area contributed by atoms with Crippen molar-refractivity contribution in [2.24, 2.45) is 0 Å². The lowest BCUT2D eigenvalue weighted by Crippen LogP contribution is -2.47. The Morgan fingerprint density at radius 3 is 2.42 bits per heavy atom. The number of piperazine rings is 1. The highest BCUT2D eigenvalue weighted by Crippen LogP contribution is 2.17. The number of aryl methyl sites for hydroxylation is 1. The molecule has 0 unspecified atom stereocenters. The number of nitrogens with zero attached hydrogens (tertiary/aromatic N) is 2. The average Bonchev–Trinajstić information content (AvgIpc) is 3.24. The minimum Gasteiger partial charge on any atom is -0.469 e. The van der Waals surface area contributed by atoms with Crippen LogP contribution >= 0.6 is 0 Å². The normalized spacial score (nSPS) is 15.0. The van der Waals surface area contributed by atoms with Crippen molar-refractivity contribution in [1.82, 2.24) is 9.80 Å². The Hall–Kier alpha value is -2.86. The Kier molecular flexibility index (Phi) is 8.06. The second kappa shape index (κ2) is 11.0. The van der Waals surface area contributed by atoms with Gasteiger partial charge < -0.3 is 14.1 Å². The molecule has 1 saturated heterocycles. The summed E-state index contributed by atoms with van der Waals surface area (Å²) in [5, 5.41) is 0. The van der Waals surface area contributed by atoms with Crippen molar-refractivity contribution in [3.8, 4) is 0 Å². The highest BCUT2D eigenvalue weighted by Gasteiger charge is 2.19. The van der Waals surface area contributed by atoms with Crippen molar-refractivity contribution >= 4 is 18.0 Å². The van der Waals surface area contributed by atoms with Gasteiger partial charge in [-0.3, -0.25) is 14.5 Å². The number of carbonyl (C=O) groups excluding carboxylic acids is 2. The van der Waals surface area contributed by atoms with E-state index in [1.807, 2.05) is 11.0 Å². The lowest BCUT2D eigenvalue weighted by atomic mass is 10.0. The summed E-state index contributed by atoms with van der Waals surface area (Å²) < 4.78 is 10.3. The molecule has 0 spiro atoms. The van der Waals surface area contributed by atoms with Gasteiger partial charge in [-0.15, -0.1) is 0 Å². The number of esters is 1. The van der Waals surface area contributed by atoms with E-state index in [1.165, 1.54) is 18.2 Å². The van der Waals surface area contributed by atoms with Crippen LogP contribution in [0.15, 0.2) is 46.9 Å². The zero-order valence-corrected chi connectivity index (χ0v) is 18.7. The first-order valence-electron chi connectivity index (χ1n) is 10.9. The van der Waals surface area contributed by atoms with Gasteiger partial charge in [0.15, 0.2) is 0 Å². The number of hydrogen-bond acceptors (Lipinski definition) is 5. The molecule has 6 nitrogen and oxygen atoms in total. The first kappa shape index (κ1) is 22.8. The predicted molar refractivity (Wildman–Crippen MR) is 120 cm³/mol. The number of hydrogen-bond donors (Lipinski definition) is 0. The van der Waals surface area contributed by atoms with Crippen LogP contribution in [0.25, 0.3) is 6.08 Å². The quantitative estimate of drug-likeness (QED) is 0.476. The van der Waals surface area contributed by atoms with Gasteiger partial charge in [-0.05, 0) is 35.3 Å². The summed E-state index contributed by atoms with van der Waals surface area (Å²) >= 11 is 0. The molecule has 2 heterocycles. The number of benzene rings is 1. The molecule has 0 radical (unpaired) electrons. The van der Waals surface area contributed by atoms with Gasteiger partial charge in [0.1, 0.15) is 11.5 Å². The van der Waals surface area contributed by atoms with Gasteiger partial charge in [0.2, 0.25) is 5.91 Å². The Morgan fingerprint density at radius 2 is 1.77 bits per heavy atom. The molecule has 166 valence electrons. The fourth-order valence-corrected chi connectivity index (χ4v) is 3.60. The van der Waals surface area contributed by atoms with E-state index in [0.29, 0.717) is 23.9 Å². The average molecular weight is 425 g/mol. The van der Waals surface area contributed by atoms with Crippen LogP contribution in [0.5, 0.6) is 0 Å². The maximum atomic E-state index is 12.5. The van der Waals surface area contributed by atoms with Crippen LogP contribution < -0.4 is 0 Å². The van der Waals surface area contributed by atoms with Gasteiger partial charge in [-0.1, -0.05) is 38.1 Å². The minimum atomic E-state index is -0.268. The van der Waals surface area contributed by atoms with E-state index >= 15 is 0 Å². The van der Waals surface area contributed by atoms with E-state index in [9.17, 15) is 9.59 Å². The van der Waals surface area contributed by atoms with Crippen LogP contribution in [-0.2, 0) is 27.3 Å². The van der Waals surface area contributed by atoms with Gasteiger partial charge in [-0.2, -0.15) is 0 Å². The molecule has 2 aromatic rings. The van der Waals surface area contributed by atoms with Crippen molar-refractivity contribution in [3.63, 3.8) is 0 Å². The van der Waals surface area contributed by atoms with E-state index in [-0.39, 0.29) is 18.3 Å². The molecule has 1 fully saturated rings. The molecule has 0 aliphatic carbocycles. The lowest BCUT2D eigenvalue weighted by molar-refractivity contribution is -0.140. The Balaban J connectivity index is 1.43. The summed E-state index contributed by atoms with van der Waals surface area (Å²) in [6.45, 7) is 8.49. The smallest absolute Gasteiger partial charge is 0.305 e. The summed E-state index contributed by atoms with van der Waals surface area (Å²) in [6.07, 6.45) is 4.00. The predicted octanol–water partition coefficient (Wildman–Crippen LogP) is 3.87. The fraction of sp³-hybridized carbons (Fsp3) is 0.440. The molecular formula is C25H32N2O4. The van der Waals surface area contributed by atoms with Gasteiger partial charge in [0, 0.05) is 45.2 Å². The number of amides is 1. The number of methoxy groups -OCH3 is 1. The fourth-order valence-electron chi connectivity index (χ4n) is 3.60. The van der Waals surface area contributed by atoms with Gasteiger partial charge in [0.25, 0.3) is 0 Å². The third kappa shape index (κ3) is 6.82. The first-order chi connectivity index (χ1) is 14.9. The van der Waals surface area contributed by atoms with E-state index in [2.05, 4.69) is 47.7 Å². The van der Waals surface area contributed by atoms with Crippen molar-refractivity contribution < 1.29 is 18.7 Å². The highest BCUT2D eigenvalue weighted by atomic mass is 16.5. The number of carbonyl (C=O) groups is 2. The summed E-state index contributed by atoms with van der Waals surface area (Å²) in [4.78, 5) is 28.0. The molecule has 0 bridgehead atoms. The van der Waals surface area contributed by atoms with E-state index in [0.717, 1.165) is 32.7 Å². The third-order valence-electron chi connectivity index (χ3n) is 5.61. The van der Waals surface area contributed by atoms with Crippen LogP contribution in [0.2, 0.25) is 0 Å². The largest absolute Gasteiger partial charge is 0.469 e. The van der Waals surface area contributed by atoms with Crippen LogP contribution in [0.1, 0.15) is 48.8 Å². The van der Waals surface area contributed by atoms with E-state index in [4.69, 9.17) is 4.42 Å². The molecule has 31 heavy (non-hydrogen) atoms. The first-order valence-corrected chi connectivity index (χ1v) is 10.9. The second-order valence-corrected chi connectivity index (χ2v) is 8.21. The van der Waals surface area contributed by atoms with Gasteiger partial charge >= 0.3 is 5.97 Å². The van der Waals surface area contributed by atoms with Crippen molar-refractivity contribution in [3.05, 3.63) is 65.1 Å². The summed E-state index contributed by atoms with van der Waals surface area (Å²) in [6, 6.07) is 12.5. The topological polar surface area (TPSA) is 63.0 Å². The lowest BCUT2D eigenvalue weighted by Gasteiger charge is -2.34.